The Morgan fingerprint density at radius 3 is 2.41 bits per heavy atom. The fourth-order valence-corrected chi connectivity index (χ4v) is 2.14. The number of benzene rings is 1. The average molecular weight is 229 g/mol. The molecule has 0 fully saturated rings. The highest BCUT2D eigenvalue weighted by molar-refractivity contribution is 5.89. The zero-order chi connectivity index (χ0) is 12.6. The van der Waals surface area contributed by atoms with Gasteiger partial charge < -0.3 is 9.67 Å². The van der Waals surface area contributed by atoms with Crippen molar-refractivity contribution >= 4 is 5.97 Å². The quantitative estimate of drug-likeness (QED) is 0.859. The highest BCUT2D eigenvalue weighted by Gasteiger charge is 2.15. The molecule has 1 aromatic heterocycles. The maximum absolute atomic E-state index is 11.1. The molecule has 0 saturated heterocycles. The molecule has 3 heteroatoms. The van der Waals surface area contributed by atoms with Crippen LogP contribution in [0.15, 0.2) is 30.3 Å². The van der Waals surface area contributed by atoms with Crippen molar-refractivity contribution in [3.8, 4) is 5.69 Å². The molecule has 0 aliphatic carbocycles. The molecule has 1 aromatic carbocycles. The van der Waals surface area contributed by atoms with E-state index in [2.05, 4.69) is 0 Å². The van der Waals surface area contributed by atoms with Gasteiger partial charge in [0.15, 0.2) is 0 Å². The number of carboxylic acid groups (broad SMARTS) is 1. The first-order chi connectivity index (χ1) is 8.00. The smallest absolute Gasteiger partial charge is 0.337 e. The molecule has 0 aliphatic heterocycles. The number of nitrogens with zero attached hydrogens (tertiary/aromatic N) is 1. The van der Waals surface area contributed by atoms with E-state index in [1.807, 2.05) is 49.6 Å². The van der Waals surface area contributed by atoms with Crippen LogP contribution in [0, 0.1) is 20.8 Å². The molecule has 1 N–H and O–H groups in total. The van der Waals surface area contributed by atoms with Crippen LogP contribution < -0.4 is 0 Å². The summed E-state index contributed by atoms with van der Waals surface area (Å²) in [6, 6.07) is 9.74. The van der Waals surface area contributed by atoms with Gasteiger partial charge in [0.1, 0.15) is 0 Å². The molecule has 0 bridgehead atoms. The van der Waals surface area contributed by atoms with E-state index in [0.717, 1.165) is 22.6 Å². The lowest BCUT2D eigenvalue weighted by Gasteiger charge is -2.10. The SMILES string of the molecule is Cc1cccc(-n2c(C)cc(C(=O)O)c2C)c1. The summed E-state index contributed by atoms with van der Waals surface area (Å²) in [6.45, 7) is 5.77. The van der Waals surface area contributed by atoms with Crippen LogP contribution in [0.4, 0.5) is 0 Å². The molecule has 0 spiro atoms. The van der Waals surface area contributed by atoms with Crippen molar-refractivity contribution in [3.63, 3.8) is 0 Å². The van der Waals surface area contributed by atoms with Crippen molar-refractivity contribution in [3.05, 3.63) is 52.8 Å². The van der Waals surface area contributed by atoms with E-state index in [0.29, 0.717) is 5.56 Å². The summed E-state index contributed by atoms with van der Waals surface area (Å²) in [6.07, 6.45) is 0. The third-order valence-electron chi connectivity index (χ3n) is 2.92. The van der Waals surface area contributed by atoms with Crippen LogP contribution in [0.25, 0.3) is 5.69 Å². The Balaban J connectivity index is 2.64. The van der Waals surface area contributed by atoms with Crippen molar-refractivity contribution in [2.75, 3.05) is 0 Å². The molecule has 3 nitrogen and oxygen atoms in total. The molecule has 0 amide bonds. The molecule has 0 saturated carbocycles. The van der Waals surface area contributed by atoms with Crippen LogP contribution in [-0.4, -0.2) is 15.6 Å². The molecule has 0 radical (unpaired) electrons. The monoisotopic (exact) mass is 229 g/mol. The van der Waals surface area contributed by atoms with E-state index in [1.54, 1.807) is 6.07 Å². The van der Waals surface area contributed by atoms with Gasteiger partial charge >= 0.3 is 5.97 Å². The molecular weight excluding hydrogens is 214 g/mol. The maximum Gasteiger partial charge on any atom is 0.337 e. The molecule has 0 aliphatic rings. The summed E-state index contributed by atoms with van der Waals surface area (Å²) >= 11 is 0. The van der Waals surface area contributed by atoms with Crippen LogP contribution in [0.3, 0.4) is 0 Å². The number of hydrogen-bond acceptors (Lipinski definition) is 1. The number of carboxylic acids is 1. The van der Waals surface area contributed by atoms with Gasteiger partial charge in [0.25, 0.3) is 0 Å². The van der Waals surface area contributed by atoms with Crippen molar-refractivity contribution < 1.29 is 9.90 Å². The van der Waals surface area contributed by atoms with Crippen LogP contribution in [-0.2, 0) is 0 Å². The number of aromatic nitrogens is 1. The zero-order valence-electron chi connectivity index (χ0n) is 10.2. The fraction of sp³-hybridized carbons (Fsp3) is 0.214. The van der Waals surface area contributed by atoms with Crippen molar-refractivity contribution in [2.45, 2.75) is 20.8 Å². The lowest BCUT2D eigenvalue weighted by molar-refractivity contribution is 0.0696. The number of carbonyl (C=O) groups is 1. The highest BCUT2D eigenvalue weighted by Crippen LogP contribution is 2.21. The number of aromatic carboxylic acids is 1. The normalized spacial score (nSPS) is 10.5. The minimum Gasteiger partial charge on any atom is -0.478 e. The van der Waals surface area contributed by atoms with Gasteiger partial charge in [0.05, 0.1) is 5.56 Å². The van der Waals surface area contributed by atoms with E-state index >= 15 is 0 Å². The third kappa shape index (κ3) is 1.96. The Hall–Kier alpha value is -2.03. The molecule has 0 atom stereocenters. The minimum absolute atomic E-state index is 0.365. The van der Waals surface area contributed by atoms with Gasteiger partial charge in [0.2, 0.25) is 0 Å². The first-order valence-electron chi connectivity index (χ1n) is 5.50. The summed E-state index contributed by atoms with van der Waals surface area (Å²) in [4.78, 5) is 11.1. The first kappa shape index (κ1) is 11.5. The number of aryl methyl sites for hydroxylation is 2. The minimum atomic E-state index is -0.878. The number of hydrogen-bond donors (Lipinski definition) is 1. The third-order valence-corrected chi connectivity index (χ3v) is 2.92. The first-order valence-corrected chi connectivity index (χ1v) is 5.50. The molecule has 2 rings (SSSR count). The van der Waals surface area contributed by atoms with Gasteiger partial charge in [-0.3, -0.25) is 0 Å². The molecular formula is C14H15NO2. The van der Waals surface area contributed by atoms with Gasteiger partial charge in [0, 0.05) is 17.1 Å². The second-order valence-corrected chi connectivity index (χ2v) is 4.26. The molecule has 2 aromatic rings. The summed E-state index contributed by atoms with van der Waals surface area (Å²) < 4.78 is 1.97. The lowest BCUT2D eigenvalue weighted by atomic mass is 10.2. The highest BCUT2D eigenvalue weighted by atomic mass is 16.4. The Morgan fingerprint density at radius 2 is 1.88 bits per heavy atom. The maximum atomic E-state index is 11.1. The van der Waals surface area contributed by atoms with E-state index in [9.17, 15) is 4.79 Å². The summed E-state index contributed by atoms with van der Waals surface area (Å²) in [7, 11) is 0. The Morgan fingerprint density at radius 1 is 1.18 bits per heavy atom. The summed E-state index contributed by atoms with van der Waals surface area (Å²) in [5, 5.41) is 9.09. The zero-order valence-corrected chi connectivity index (χ0v) is 10.2. The van der Waals surface area contributed by atoms with E-state index in [4.69, 9.17) is 5.11 Å². The predicted octanol–water partition coefficient (Wildman–Crippen LogP) is 3.10. The van der Waals surface area contributed by atoms with Crippen molar-refractivity contribution in [1.29, 1.82) is 0 Å². The largest absolute Gasteiger partial charge is 0.478 e. The van der Waals surface area contributed by atoms with E-state index in [1.165, 1.54) is 0 Å². The molecule has 0 unspecified atom stereocenters. The fourth-order valence-electron chi connectivity index (χ4n) is 2.14. The standard InChI is InChI=1S/C14H15NO2/c1-9-5-4-6-12(7-9)15-10(2)8-13(11(15)3)14(16)17/h4-8H,1-3H3,(H,16,17). The Labute approximate surface area is 100 Å². The van der Waals surface area contributed by atoms with Gasteiger partial charge in [-0.1, -0.05) is 12.1 Å². The second-order valence-electron chi connectivity index (χ2n) is 4.26. The second kappa shape index (κ2) is 4.09. The molecule has 17 heavy (non-hydrogen) atoms. The van der Waals surface area contributed by atoms with Crippen molar-refractivity contribution in [1.82, 2.24) is 4.57 Å². The Kier molecular flexibility index (Phi) is 2.76. The molecule has 1 heterocycles. The van der Waals surface area contributed by atoms with E-state index < -0.39 is 5.97 Å². The van der Waals surface area contributed by atoms with Gasteiger partial charge in [-0.05, 0) is 44.5 Å². The topological polar surface area (TPSA) is 42.2 Å². The van der Waals surface area contributed by atoms with Crippen LogP contribution in [0.2, 0.25) is 0 Å². The number of rotatable bonds is 2. The van der Waals surface area contributed by atoms with Gasteiger partial charge in [-0.2, -0.15) is 0 Å². The molecule has 88 valence electrons. The van der Waals surface area contributed by atoms with Crippen LogP contribution in [0.1, 0.15) is 27.3 Å². The van der Waals surface area contributed by atoms with E-state index in [-0.39, 0.29) is 0 Å². The van der Waals surface area contributed by atoms with Gasteiger partial charge in [-0.15, -0.1) is 0 Å². The summed E-state index contributed by atoms with van der Waals surface area (Å²) in [5.74, 6) is -0.878. The summed E-state index contributed by atoms with van der Waals surface area (Å²) in [5.41, 5.74) is 4.23. The lowest BCUT2D eigenvalue weighted by Crippen LogP contribution is -2.02. The predicted molar refractivity (Wildman–Crippen MR) is 66.9 cm³/mol. The van der Waals surface area contributed by atoms with Crippen LogP contribution >= 0.6 is 0 Å². The van der Waals surface area contributed by atoms with Gasteiger partial charge in [-0.25, -0.2) is 4.79 Å². The average Bonchev–Trinajstić information content (AvgIpc) is 2.54. The Bertz CT molecular complexity index is 582. The van der Waals surface area contributed by atoms with Crippen molar-refractivity contribution in [2.24, 2.45) is 0 Å². The van der Waals surface area contributed by atoms with Crippen LogP contribution in [0.5, 0.6) is 0 Å².